The van der Waals surface area contributed by atoms with Crippen LogP contribution in [0.2, 0.25) is 0 Å². The molecule has 0 saturated carbocycles. The number of anilines is 1. The van der Waals surface area contributed by atoms with Gasteiger partial charge in [0.05, 0.1) is 12.3 Å². The molecule has 0 aromatic heterocycles. The molecule has 6 nitrogen and oxygen atoms in total. The number of carbonyl (C=O) groups is 2. The fourth-order valence-electron chi connectivity index (χ4n) is 3.79. The van der Waals surface area contributed by atoms with Crippen LogP contribution in [-0.4, -0.2) is 30.8 Å². The number of rotatable bonds is 7. The van der Waals surface area contributed by atoms with Gasteiger partial charge in [0.25, 0.3) is 0 Å². The number of nitrogens with zero attached hydrogens (tertiary/aromatic N) is 1. The maximum absolute atomic E-state index is 14.5. The van der Waals surface area contributed by atoms with Gasteiger partial charge in [-0.1, -0.05) is 18.2 Å². The molecule has 3 rings (SSSR count). The molecule has 1 aliphatic heterocycles. The summed E-state index contributed by atoms with van der Waals surface area (Å²) in [7, 11) is 0. The van der Waals surface area contributed by atoms with Crippen molar-refractivity contribution >= 4 is 17.7 Å². The van der Waals surface area contributed by atoms with E-state index in [-0.39, 0.29) is 31.5 Å². The Morgan fingerprint density at radius 2 is 1.91 bits per heavy atom. The van der Waals surface area contributed by atoms with Gasteiger partial charge in [0.2, 0.25) is 0 Å². The lowest BCUT2D eigenvalue weighted by molar-refractivity contribution is -0.143. The van der Waals surface area contributed by atoms with E-state index in [2.05, 4.69) is 0 Å². The van der Waals surface area contributed by atoms with E-state index in [1.165, 1.54) is 6.07 Å². The summed E-state index contributed by atoms with van der Waals surface area (Å²) in [5.41, 5.74) is 2.70. The van der Waals surface area contributed by atoms with Gasteiger partial charge in [-0.25, -0.2) is 9.18 Å². The van der Waals surface area contributed by atoms with Gasteiger partial charge < -0.3 is 14.2 Å². The summed E-state index contributed by atoms with van der Waals surface area (Å²) in [6, 6.07) is 10.4. The zero-order valence-corrected chi connectivity index (χ0v) is 19.8. The van der Waals surface area contributed by atoms with Crippen LogP contribution in [0.3, 0.4) is 0 Å². The molecule has 0 atom stereocenters. The molecule has 0 bridgehead atoms. The van der Waals surface area contributed by atoms with Crippen LogP contribution < -0.4 is 9.64 Å². The highest BCUT2D eigenvalue weighted by molar-refractivity contribution is 5.89. The molecule has 0 aliphatic carbocycles. The molecule has 33 heavy (non-hydrogen) atoms. The largest absolute Gasteiger partial charge is 0.489 e. The van der Waals surface area contributed by atoms with Crippen molar-refractivity contribution in [3.8, 4) is 5.75 Å². The number of amides is 1. The van der Waals surface area contributed by atoms with Crippen molar-refractivity contribution in [1.29, 1.82) is 0 Å². The molecule has 2 aromatic carbocycles. The van der Waals surface area contributed by atoms with E-state index < -0.39 is 11.4 Å². The van der Waals surface area contributed by atoms with E-state index >= 15 is 0 Å². The van der Waals surface area contributed by atoms with E-state index in [0.717, 1.165) is 29.7 Å². The third-order valence-corrected chi connectivity index (χ3v) is 5.28. The zero-order valence-electron chi connectivity index (χ0n) is 19.8. The molecule has 0 saturated heterocycles. The van der Waals surface area contributed by atoms with Gasteiger partial charge in [-0.2, -0.15) is 0 Å². The Labute approximate surface area is 194 Å². The summed E-state index contributed by atoms with van der Waals surface area (Å²) < 4.78 is 30.8. The van der Waals surface area contributed by atoms with Crippen molar-refractivity contribution in [3.63, 3.8) is 0 Å². The van der Waals surface area contributed by atoms with Crippen LogP contribution >= 0.6 is 0 Å². The predicted molar refractivity (Wildman–Crippen MR) is 124 cm³/mol. The summed E-state index contributed by atoms with van der Waals surface area (Å²) in [6.45, 7) is 8.46. The number of halogens is 1. The predicted octanol–water partition coefficient (Wildman–Crippen LogP) is 5.59. The SMILES string of the molecule is CCOC(=O)CCc1ccc(OCc2cccc3c2CCCN3C(=O)OC(C)(C)C)cc1F. The Balaban J connectivity index is 1.68. The summed E-state index contributed by atoms with van der Waals surface area (Å²) in [5, 5.41) is 0. The van der Waals surface area contributed by atoms with E-state index in [1.807, 2.05) is 39.0 Å². The van der Waals surface area contributed by atoms with Crippen LogP contribution in [-0.2, 0) is 33.7 Å². The molecule has 1 amide bonds. The van der Waals surface area contributed by atoms with Gasteiger partial charge in [-0.15, -0.1) is 0 Å². The zero-order chi connectivity index (χ0) is 24.0. The van der Waals surface area contributed by atoms with E-state index in [0.29, 0.717) is 24.5 Å². The van der Waals surface area contributed by atoms with Crippen LogP contribution in [0.25, 0.3) is 0 Å². The quantitative estimate of drug-likeness (QED) is 0.507. The fraction of sp³-hybridized carbons (Fsp3) is 0.462. The number of fused-ring (bicyclic) bond motifs is 1. The first-order valence-electron chi connectivity index (χ1n) is 11.4. The summed E-state index contributed by atoms with van der Waals surface area (Å²) in [6.07, 6.45) is 1.71. The average Bonchev–Trinajstić information content (AvgIpc) is 2.75. The number of aryl methyl sites for hydroxylation is 1. The standard InChI is InChI=1S/C26H32FNO5/c1-5-31-24(29)14-12-18-11-13-20(16-22(18)27)32-17-19-8-6-10-23-21(19)9-7-15-28(23)25(30)33-26(2,3)4/h6,8,10-11,13,16H,5,7,9,12,14-15,17H2,1-4H3. The molecule has 7 heteroatoms. The number of ether oxygens (including phenoxy) is 3. The van der Waals surface area contributed by atoms with Crippen LogP contribution in [0.4, 0.5) is 14.9 Å². The monoisotopic (exact) mass is 457 g/mol. The minimum Gasteiger partial charge on any atom is -0.489 e. The Kier molecular flexibility index (Phi) is 7.95. The number of hydrogen-bond donors (Lipinski definition) is 0. The summed E-state index contributed by atoms with van der Waals surface area (Å²) in [4.78, 5) is 25.8. The van der Waals surface area contributed by atoms with Crippen molar-refractivity contribution in [1.82, 2.24) is 0 Å². The Morgan fingerprint density at radius 3 is 2.61 bits per heavy atom. The second-order valence-electron chi connectivity index (χ2n) is 9.00. The van der Waals surface area contributed by atoms with E-state index in [1.54, 1.807) is 24.0 Å². The molecule has 0 radical (unpaired) electrons. The second-order valence-corrected chi connectivity index (χ2v) is 9.00. The Bertz CT molecular complexity index is 999. The van der Waals surface area contributed by atoms with E-state index in [4.69, 9.17) is 14.2 Å². The maximum atomic E-state index is 14.5. The number of hydrogen-bond acceptors (Lipinski definition) is 5. The molecule has 2 aromatic rings. The normalized spacial score (nSPS) is 13.3. The molecule has 178 valence electrons. The van der Waals surface area contributed by atoms with Crippen molar-refractivity contribution < 1.29 is 28.2 Å². The molecule has 0 N–H and O–H groups in total. The maximum Gasteiger partial charge on any atom is 0.414 e. The minimum absolute atomic E-state index is 0.134. The van der Waals surface area contributed by atoms with Crippen molar-refractivity contribution in [2.45, 2.75) is 65.6 Å². The smallest absolute Gasteiger partial charge is 0.414 e. The van der Waals surface area contributed by atoms with Gasteiger partial charge >= 0.3 is 12.1 Å². The fourth-order valence-corrected chi connectivity index (χ4v) is 3.79. The highest BCUT2D eigenvalue weighted by atomic mass is 19.1. The molecular weight excluding hydrogens is 425 g/mol. The van der Waals surface area contributed by atoms with Crippen molar-refractivity contribution in [2.24, 2.45) is 0 Å². The topological polar surface area (TPSA) is 65.1 Å². The number of esters is 1. The first-order valence-corrected chi connectivity index (χ1v) is 11.4. The third kappa shape index (κ3) is 6.70. The van der Waals surface area contributed by atoms with Gasteiger partial charge in [0, 0.05) is 19.0 Å². The highest BCUT2D eigenvalue weighted by Crippen LogP contribution is 2.32. The molecular formula is C26H32FNO5. The van der Waals surface area contributed by atoms with E-state index in [9.17, 15) is 14.0 Å². The third-order valence-electron chi connectivity index (χ3n) is 5.28. The number of benzene rings is 2. The van der Waals surface area contributed by atoms with Crippen molar-refractivity contribution in [2.75, 3.05) is 18.1 Å². The molecule has 0 fully saturated rings. The van der Waals surface area contributed by atoms with Crippen molar-refractivity contribution in [3.05, 3.63) is 58.9 Å². The Hall–Kier alpha value is -3.09. The van der Waals surface area contributed by atoms with Gasteiger partial charge in [0.15, 0.2) is 0 Å². The van der Waals surface area contributed by atoms with Gasteiger partial charge in [-0.3, -0.25) is 9.69 Å². The highest BCUT2D eigenvalue weighted by Gasteiger charge is 2.28. The molecule has 0 unspecified atom stereocenters. The van der Waals surface area contributed by atoms with Crippen LogP contribution in [0.15, 0.2) is 36.4 Å². The summed E-state index contributed by atoms with van der Waals surface area (Å²) in [5.74, 6) is -0.348. The lowest BCUT2D eigenvalue weighted by atomic mass is 9.97. The number of carbonyl (C=O) groups excluding carboxylic acids is 2. The Morgan fingerprint density at radius 1 is 1.12 bits per heavy atom. The molecule has 1 heterocycles. The molecule has 1 aliphatic rings. The van der Waals surface area contributed by atoms with Crippen LogP contribution in [0.5, 0.6) is 5.75 Å². The molecule has 0 spiro atoms. The first-order chi connectivity index (χ1) is 15.7. The van der Waals surface area contributed by atoms with Gasteiger partial charge in [0.1, 0.15) is 23.8 Å². The first kappa shape index (κ1) is 24.6. The lowest BCUT2D eigenvalue weighted by Gasteiger charge is -2.32. The van der Waals surface area contributed by atoms with Crippen LogP contribution in [0, 0.1) is 5.82 Å². The minimum atomic E-state index is -0.567. The lowest BCUT2D eigenvalue weighted by Crippen LogP contribution is -2.40. The summed E-state index contributed by atoms with van der Waals surface area (Å²) >= 11 is 0. The van der Waals surface area contributed by atoms with Gasteiger partial charge in [-0.05, 0) is 75.8 Å². The second kappa shape index (κ2) is 10.7. The average molecular weight is 458 g/mol. The van der Waals surface area contributed by atoms with Crippen LogP contribution in [0.1, 0.15) is 57.2 Å².